The number of nitrogens with one attached hydrogen (secondary N) is 2. The van der Waals surface area contributed by atoms with Crippen molar-refractivity contribution in [3.8, 4) is 0 Å². The molecule has 1 rings (SSSR count). The van der Waals surface area contributed by atoms with E-state index in [1.54, 1.807) is 6.92 Å². The average Bonchev–Trinajstić information content (AvgIpc) is 2.31. The van der Waals surface area contributed by atoms with Gasteiger partial charge in [0, 0.05) is 11.1 Å². The standard InChI is InChI=1S/C12H12Cl2N2O3/c1-3-6(2)15-12(19)16-10-8(11(17)18)4-7(13)5-9(10)14/h3-6H,1H2,2H3,(H,17,18)(H2,15,16,19). The minimum absolute atomic E-state index is 0.00710. The van der Waals surface area contributed by atoms with Crippen LogP contribution in [-0.2, 0) is 0 Å². The second kappa shape index (κ2) is 6.45. The van der Waals surface area contributed by atoms with Crippen molar-refractivity contribution in [2.24, 2.45) is 0 Å². The predicted octanol–water partition coefficient (Wildman–Crippen LogP) is 3.39. The van der Waals surface area contributed by atoms with E-state index in [-0.39, 0.29) is 27.3 Å². The molecule has 0 saturated carbocycles. The van der Waals surface area contributed by atoms with Gasteiger partial charge in [-0.2, -0.15) is 0 Å². The third kappa shape index (κ3) is 4.15. The highest BCUT2D eigenvalue weighted by atomic mass is 35.5. The van der Waals surface area contributed by atoms with Crippen molar-refractivity contribution in [3.63, 3.8) is 0 Å². The molecule has 0 aliphatic carbocycles. The molecule has 5 nitrogen and oxygen atoms in total. The molecule has 0 heterocycles. The van der Waals surface area contributed by atoms with Gasteiger partial charge in [0.2, 0.25) is 0 Å². The number of halogens is 2. The zero-order valence-electron chi connectivity index (χ0n) is 10.0. The molecule has 0 saturated heterocycles. The van der Waals surface area contributed by atoms with E-state index >= 15 is 0 Å². The van der Waals surface area contributed by atoms with E-state index in [2.05, 4.69) is 17.2 Å². The zero-order valence-corrected chi connectivity index (χ0v) is 11.5. The number of amides is 2. The lowest BCUT2D eigenvalue weighted by atomic mass is 10.2. The van der Waals surface area contributed by atoms with Crippen LogP contribution in [0.4, 0.5) is 10.5 Å². The van der Waals surface area contributed by atoms with Crippen LogP contribution in [0.1, 0.15) is 17.3 Å². The molecule has 3 N–H and O–H groups in total. The Bertz CT molecular complexity index is 532. The molecule has 2 amide bonds. The fourth-order valence-electron chi connectivity index (χ4n) is 1.28. The molecule has 0 aliphatic heterocycles. The first-order chi connectivity index (χ1) is 8.85. The smallest absolute Gasteiger partial charge is 0.337 e. The first-order valence-electron chi connectivity index (χ1n) is 5.27. The van der Waals surface area contributed by atoms with Gasteiger partial charge in [0.05, 0.1) is 16.3 Å². The molecule has 102 valence electrons. The zero-order chi connectivity index (χ0) is 14.6. The lowest BCUT2D eigenvalue weighted by Crippen LogP contribution is -2.35. The van der Waals surface area contributed by atoms with Crippen LogP contribution in [0.3, 0.4) is 0 Å². The van der Waals surface area contributed by atoms with Crippen molar-refractivity contribution in [2.45, 2.75) is 13.0 Å². The largest absolute Gasteiger partial charge is 0.478 e. The Morgan fingerprint density at radius 1 is 1.42 bits per heavy atom. The number of hydrogen-bond acceptors (Lipinski definition) is 2. The lowest BCUT2D eigenvalue weighted by Gasteiger charge is -2.14. The van der Waals surface area contributed by atoms with Gasteiger partial charge in [-0.15, -0.1) is 6.58 Å². The molecular weight excluding hydrogens is 291 g/mol. The number of urea groups is 1. The van der Waals surface area contributed by atoms with E-state index in [1.165, 1.54) is 18.2 Å². The summed E-state index contributed by atoms with van der Waals surface area (Å²) in [7, 11) is 0. The minimum atomic E-state index is -1.24. The molecule has 0 aromatic heterocycles. The van der Waals surface area contributed by atoms with E-state index in [4.69, 9.17) is 28.3 Å². The monoisotopic (exact) mass is 302 g/mol. The molecule has 0 spiro atoms. The van der Waals surface area contributed by atoms with Crippen LogP contribution in [0.2, 0.25) is 10.0 Å². The molecule has 1 aromatic carbocycles. The van der Waals surface area contributed by atoms with E-state index in [9.17, 15) is 9.59 Å². The van der Waals surface area contributed by atoms with Gasteiger partial charge in [0.1, 0.15) is 0 Å². The van der Waals surface area contributed by atoms with Crippen LogP contribution in [0.25, 0.3) is 0 Å². The summed E-state index contributed by atoms with van der Waals surface area (Å²) in [5.74, 6) is -1.24. The average molecular weight is 303 g/mol. The Kier molecular flexibility index (Phi) is 5.20. The molecule has 7 heteroatoms. The van der Waals surface area contributed by atoms with Crippen molar-refractivity contribution in [2.75, 3.05) is 5.32 Å². The van der Waals surface area contributed by atoms with Crippen molar-refractivity contribution in [3.05, 3.63) is 40.4 Å². The van der Waals surface area contributed by atoms with Gasteiger partial charge in [-0.05, 0) is 19.1 Å². The van der Waals surface area contributed by atoms with Gasteiger partial charge in [0.25, 0.3) is 0 Å². The number of carbonyl (C=O) groups excluding carboxylic acids is 1. The minimum Gasteiger partial charge on any atom is -0.478 e. The SMILES string of the molecule is C=CC(C)NC(=O)Nc1c(Cl)cc(Cl)cc1C(=O)O. The summed E-state index contributed by atoms with van der Waals surface area (Å²) in [5.41, 5.74) is -0.189. The molecular formula is C12H12Cl2N2O3. The summed E-state index contributed by atoms with van der Waals surface area (Å²) < 4.78 is 0. The van der Waals surface area contributed by atoms with E-state index < -0.39 is 12.0 Å². The fourth-order valence-corrected chi connectivity index (χ4v) is 1.83. The Labute approximate surface area is 120 Å². The summed E-state index contributed by atoms with van der Waals surface area (Å²) >= 11 is 11.6. The molecule has 0 radical (unpaired) electrons. The summed E-state index contributed by atoms with van der Waals surface area (Å²) in [5, 5.41) is 14.2. The van der Waals surface area contributed by atoms with Crippen LogP contribution < -0.4 is 10.6 Å². The molecule has 1 unspecified atom stereocenters. The highest BCUT2D eigenvalue weighted by Gasteiger charge is 2.17. The predicted molar refractivity (Wildman–Crippen MR) is 75.2 cm³/mol. The highest BCUT2D eigenvalue weighted by Crippen LogP contribution is 2.30. The number of rotatable bonds is 4. The first kappa shape index (κ1) is 15.3. The van der Waals surface area contributed by atoms with Gasteiger partial charge in [-0.1, -0.05) is 29.3 Å². The normalized spacial score (nSPS) is 11.5. The van der Waals surface area contributed by atoms with Crippen LogP contribution in [0.15, 0.2) is 24.8 Å². The lowest BCUT2D eigenvalue weighted by molar-refractivity contribution is 0.0698. The van der Waals surface area contributed by atoms with Gasteiger partial charge in [-0.25, -0.2) is 9.59 Å². The van der Waals surface area contributed by atoms with E-state index in [1.807, 2.05) is 0 Å². The van der Waals surface area contributed by atoms with Gasteiger partial charge >= 0.3 is 12.0 Å². The number of hydrogen-bond donors (Lipinski definition) is 3. The maximum Gasteiger partial charge on any atom is 0.337 e. The van der Waals surface area contributed by atoms with E-state index in [0.29, 0.717) is 0 Å². The van der Waals surface area contributed by atoms with Crippen LogP contribution >= 0.6 is 23.2 Å². The topological polar surface area (TPSA) is 78.4 Å². The van der Waals surface area contributed by atoms with Crippen LogP contribution in [0, 0.1) is 0 Å². The Hall–Kier alpha value is -1.72. The summed E-state index contributed by atoms with van der Waals surface area (Å²) in [6, 6.07) is 1.71. The summed E-state index contributed by atoms with van der Waals surface area (Å²) in [6.07, 6.45) is 1.53. The van der Waals surface area contributed by atoms with Gasteiger partial charge < -0.3 is 15.7 Å². The molecule has 0 fully saturated rings. The summed E-state index contributed by atoms with van der Waals surface area (Å²) in [4.78, 5) is 22.7. The number of benzene rings is 1. The quantitative estimate of drug-likeness (QED) is 0.746. The third-order valence-electron chi connectivity index (χ3n) is 2.24. The van der Waals surface area contributed by atoms with Crippen molar-refractivity contribution in [1.82, 2.24) is 5.32 Å². The Morgan fingerprint density at radius 3 is 2.58 bits per heavy atom. The molecule has 1 aromatic rings. The number of anilines is 1. The summed E-state index contributed by atoms with van der Waals surface area (Å²) in [6.45, 7) is 5.23. The second-order valence-electron chi connectivity index (χ2n) is 3.74. The van der Waals surface area contributed by atoms with Crippen LogP contribution in [0.5, 0.6) is 0 Å². The van der Waals surface area contributed by atoms with Crippen molar-refractivity contribution < 1.29 is 14.7 Å². The van der Waals surface area contributed by atoms with Crippen molar-refractivity contribution >= 4 is 40.9 Å². The molecule has 0 bridgehead atoms. The Morgan fingerprint density at radius 2 is 2.05 bits per heavy atom. The van der Waals surface area contributed by atoms with Gasteiger partial charge in [0.15, 0.2) is 0 Å². The van der Waals surface area contributed by atoms with Crippen molar-refractivity contribution in [1.29, 1.82) is 0 Å². The molecule has 19 heavy (non-hydrogen) atoms. The van der Waals surface area contributed by atoms with E-state index in [0.717, 1.165) is 0 Å². The maximum atomic E-state index is 11.6. The van der Waals surface area contributed by atoms with Gasteiger partial charge in [-0.3, -0.25) is 0 Å². The number of aromatic carboxylic acids is 1. The molecule has 0 aliphatic rings. The maximum absolute atomic E-state index is 11.6. The molecule has 1 atom stereocenters. The fraction of sp³-hybridized carbons (Fsp3) is 0.167. The Balaban J connectivity index is 3.03. The second-order valence-corrected chi connectivity index (χ2v) is 4.58. The number of carboxylic acids is 1. The number of carbonyl (C=O) groups is 2. The van der Waals surface area contributed by atoms with Crippen LogP contribution in [-0.4, -0.2) is 23.1 Å². The number of carboxylic acid groups (broad SMARTS) is 1. The highest BCUT2D eigenvalue weighted by molar-refractivity contribution is 6.37. The third-order valence-corrected chi connectivity index (χ3v) is 2.75. The first-order valence-corrected chi connectivity index (χ1v) is 6.03.